The second kappa shape index (κ2) is 5.43. The number of rotatable bonds is 1. The van der Waals surface area contributed by atoms with E-state index < -0.39 is 23.5 Å². The Labute approximate surface area is 191 Å². The van der Waals surface area contributed by atoms with Crippen LogP contribution in [0.4, 0.5) is 0 Å². The fourth-order valence-corrected chi connectivity index (χ4v) is 6.73. The molecule has 3 aliphatic heterocycles. The third-order valence-corrected chi connectivity index (χ3v) is 8.19. The first kappa shape index (κ1) is 18.5. The molecule has 8 heteroatoms. The molecule has 1 saturated heterocycles. The number of carboxylic acids is 1. The molecule has 8 rings (SSSR count). The van der Waals surface area contributed by atoms with Crippen LogP contribution in [-0.4, -0.2) is 36.8 Å². The minimum absolute atomic E-state index is 0.111. The second-order valence-electron chi connectivity index (χ2n) is 9.65. The number of aromatic nitrogens is 2. The Morgan fingerprint density at radius 1 is 1.06 bits per heavy atom. The van der Waals surface area contributed by atoms with Gasteiger partial charge in [-0.2, -0.15) is 0 Å². The Bertz CT molecular complexity index is 1810. The van der Waals surface area contributed by atoms with Gasteiger partial charge in [-0.15, -0.1) is 0 Å². The third kappa shape index (κ3) is 1.71. The Hall–Kier alpha value is -3.88. The summed E-state index contributed by atoms with van der Waals surface area (Å²) in [7, 11) is 0. The summed E-state index contributed by atoms with van der Waals surface area (Å²) in [5.41, 5.74) is 1.05. The molecule has 2 unspecified atom stereocenters. The van der Waals surface area contributed by atoms with E-state index in [1.54, 1.807) is 6.92 Å². The predicted octanol–water partition coefficient (Wildman–Crippen LogP) is 3.57. The fraction of sp³-hybridized carbons (Fsp3) is 0.231. The number of carbonyl (C=O) groups is 2. The Morgan fingerprint density at radius 2 is 1.74 bits per heavy atom. The SMILES string of the molecule is CC12OC(C[C@@]1(O)C(=O)O)n1c3ccccc3c3c4c(c5c6ccccc6n2c5c31)CNC4=O. The van der Waals surface area contributed by atoms with Gasteiger partial charge < -0.3 is 29.4 Å². The van der Waals surface area contributed by atoms with Gasteiger partial charge in [0.05, 0.1) is 27.6 Å². The summed E-state index contributed by atoms with van der Waals surface area (Å²) in [6.45, 7) is 2.04. The molecule has 0 spiro atoms. The molecule has 2 bridgehead atoms. The normalized spacial score (nSPS) is 27.2. The van der Waals surface area contributed by atoms with Crippen LogP contribution in [0.25, 0.3) is 43.6 Å². The van der Waals surface area contributed by atoms with Crippen molar-refractivity contribution in [3.63, 3.8) is 0 Å². The van der Waals surface area contributed by atoms with Gasteiger partial charge in [-0.25, -0.2) is 4.79 Å². The van der Waals surface area contributed by atoms with Crippen LogP contribution in [0.2, 0.25) is 0 Å². The van der Waals surface area contributed by atoms with E-state index >= 15 is 0 Å². The number of carboxylic acid groups (broad SMARTS) is 1. The summed E-state index contributed by atoms with van der Waals surface area (Å²) in [4.78, 5) is 25.7. The highest BCUT2D eigenvalue weighted by Crippen LogP contribution is 2.57. The molecular formula is C26H19N3O5. The first-order valence-corrected chi connectivity index (χ1v) is 11.3. The lowest BCUT2D eigenvalue weighted by molar-refractivity contribution is -0.200. The van der Waals surface area contributed by atoms with Crippen LogP contribution >= 0.6 is 0 Å². The first-order valence-electron chi connectivity index (χ1n) is 11.3. The molecule has 3 aromatic carbocycles. The lowest BCUT2D eigenvalue weighted by atomic mass is 9.89. The molecule has 3 aliphatic rings. The number of amides is 1. The zero-order valence-corrected chi connectivity index (χ0v) is 18.1. The van der Waals surface area contributed by atoms with Crippen molar-refractivity contribution < 1.29 is 24.5 Å². The average molecular weight is 453 g/mol. The van der Waals surface area contributed by atoms with Crippen molar-refractivity contribution in [2.24, 2.45) is 0 Å². The van der Waals surface area contributed by atoms with Crippen LogP contribution in [-0.2, 0) is 21.8 Å². The number of para-hydroxylation sites is 2. The van der Waals surface area contributed by atoms with Crippen LogP contribution in [0.1, 0.15) is 35.5 Å². The summed E-state index contributed by atoms with van der Waals surface area (Å²) in [5.74, 6) is -1.43. The number of ether oxygens (including phenoxy) is 1. The summed E-state index contributed by atoms with van der Waals surface area (Å²) >= 11 is 0. The van der Waals surface area contributed by atoms with Crippen molar-refractivity contribution in [1.82, 2.24) is 14.5 Å². The quantitative estimate of drug-likeness (QED) is 0.360. The topological polar surface area (TPSA) is 106 Å². The van der Waals surface area contributed by atoms with Gasteiger partial charge in [0.25, 0.3) is 5.91 Å². The highest BCUT2D eigenvalue weighted by Gasteiger charge is 2.65. The van der Waals surface area contributed by atoms with Crippen LogP contribution in [0.15, 0.2) is 48.5 Å². The molecule has 1 amide bonds. The van der Waals surface area contributed by atoms with E-state index in [4.69, 9.17) is 4.74 Å². The lowest BCUT2D eigenvalue weighted by Crippen LogP contribution is -2.55. The first-order chi connectivity index (χ1) is 16.4. The van der Waals surface area contributed by atoms with Crippen LogP contribution in [0, 0.1) is 0 Å². The number of aliphatic carboxylic acids is 1. The van der Waals surface area contributed by atoms with Crippen molar-refractivity contribution in [2.75, 3.05) is 0 Å². The van der Waals surface area contributed by atoms with Crippen molar-refractivity contribution in [1.29, 1.82) is 0 Å². The number of fused-ring (bicyclic) bond motifs is 13. The Balaban J connectivity index is 1.77. The van der Waals surface area contributed by atoms with Crippen LogP contribution < -0.4 is 5.32 Å². The minimum atomic E-state index is -2.16. The zero-order chi connectivity index (χ0) is 23.1. The molecule has 0 aliphatic carbocycles. The van der Waals surface area contributed by atoms with Crippen molar-refractivity contribution >= 4 is 55.5 Å². The maximum Gasteiger partial charge on any atom is 0.341 e. The van der Waals surface area contributed by atoms with Gasteiger partial charge in [0, 0.05) is 34.5 Å². The van der Waals surface area contributed by atoms with Crippen LogP contribution in [0.5, 0.6) is 0 Å². The van der Waals surface area contributed by atoms with Gasteiger partial charge in [-0.3, -0.25) is 4.79 Å². The van der Waals surface area contributed by atoms with Gasteiger partial charge in [0.2, 0.25) is 5.60 Å². The number of hydrogen-bond acceptors (Lipinski definition) is 4. The summed E-state index contributed by atoms with van der Waals surface area (Å²) in [5, 5.41) is 28.4. The largest absolute Gasteiger partial charge is 0.479 e. The molecule has 0 saturated carbocycles. The number of nitrogens with one attached hydrogen (secondary N) is 1. The molecule has 5 aromatic rings. The summed E-state index contributed by atoms with van der Waals surface area (Å²) in [6.07, 6.45) is -0.846. The van der Waals surface area contributed by atoms with Gasteiger partial charge in [-0.05, 0) is 24.6 Å². The molecule has 8 nitrogen and oxygen atoms in total. The standard InChI is InChI=1S/C26H19N3O5/c1-25-26(33,24(31)32)10-17(34-25)28-15-8-4-2-6-12(15)19-20-14(11-27-23(20)30)18-13-7-3-5-9-16(13)29(25)22(18)21(19)28/h2-9,17,33H,10-11H2,1H3,(H,27,30)(H,31,32)/t17?,25?,26-/m1/s1. The van der Waals surface area contributed by atoms with Gasteiger partial charge >= 0.3 is 5.97 Å². The fourth-order valence-electron chi connectivity index (χ4n) is 6.73. The zero-order valence-electron chi connectivity index (χ0n) is 18.1. The van der Waals surface area contributed by atoms with Gasteiger partial charge in [0.1, 0.15) is 6.23 Å². The second-order valence-corrected chi connectivity index (χ2v) is 9.65. The Kier molecular flexibility index (Phi) is 2.96. The number of carbonyl (C=O) groups excluding carboxylic acids is 1. The van der Waals surface area contributed by atoms with Crippen LogP contribution in [0.3, 0.4) is 0 Å². The van der Waals surface area contributed by atoms with Gasteiger partial charge in [-0.1, -0.05) is 36.4 Å². The smallest absolute Gasteiger partial charge is 0.341 e. The predicted molar refractivity (Wildman–Crippen MR) is 125 cm³/mol. The number of hydrogen-bond donors (Lipinski definition) is 3. The van der Waals surface area contributed by atoms with E-state index in [0.717, 1.165) is 49.2 Å². The molecule has 168 valence electrons. The van der Waals surface area contributed by atoms with E-state index in [1.165, 1.54) is 0 Å². The van der Waals surface area contributed by atoms with Gasteiger partial charge in [0.15, 0.2) is 5.72 Å². The molecule has 34 heavy (non-hydrogen) atoms. The lowest BCUT2D eigenvalue weighted by Gasteiger charge is -2.36. The minimum Gasteiger partial charge on any atom is -0.479 e. The van der Waals surface area contributed by atoms with E-state index in [9.17, 15) is 19.8 Å². The number of aliphatic hydroxyl groups is 1. The highest BCUT2D eigenvalue weighted by atomic mass is 16.6. The molecule has 0 radical (unpaired) electrons. The third-order valence-electron chi connectivity index (χ3n) is 8.19. The molecule has 1 fully saturated rings. The summed E-state index contributed by atoms with van der Waals surface area (Å²) < 4.78 is 10.4. The van der Waals surface area contributed by atoms with E-state index in [0.29, 0.717) is 12.1 Å². The summed E-state index contributed by atoms with van der Waals surface area (Å²) in [6, 6.07) is 15.5. The number of benzene rings is 3. The molecule has 5 heterocycles. The molecule has 2 aromatic heterocycles. The van der Waals surface area contributed by atoms with Crippen molar-refractivity contribution in [3.05, 3.63) is 59.7 Å². The molecular weight excluding hydrogens is 434 g/mol. The maximum absolute atomic E-state index is 13.2. The molecule has 3 N–H and O–H groups in total. The Morgan fingerprint density at radius 3 is 2.47 bits per heavy atom. The van der Waals surface area contributed by atoms with E-state index in [-0.39, 0.29) is 12.3 Å². The van der Waals surface area contributed by atoms with E-state index in [1.807, 2.05) is 57.7 Å². The van der Waals surface area contributed by atoms with E-state index in [2.05, 4.69) is 5.32 Å². The highest BCUT2D eigenvalue weighted by molar-refractivity contribution is 6.31. The van der Waals surface area contributed by atoms with Crippen molar-refractivity contribution in [2.45, 2.75) is 37.4 Å². The number of nitrogens with zero attached hydrogens (tertiary/aromatic N) is 2. The average Bonchev–Trinajstić information content (AvgIpc) is 3.51. The monoisotopic (exact) mass is 453 g/mol. The van der Waals surface area contributed by atoms with Crippen molar-refractivity contribution in [3.8, 4) is 0 Å². The maximum atomic E-state index is 13.2. The molecule has 3 atom stereocenters.